The highest BCUT2D eigenvalue weighted by Gasteiger charge is 2.23. The van der Waals surface area contributed by atoms with E-state index in [1.165, 1.54) is 44.9 Å². The molecule has 1 heteroatoms. The molecule has 0 aromatic heterocycles. The van der Waals surface area contributed by atoms with E-state index >= 15 is 0 Å². The van der Waals surface area contributed by atoms with Crippen LogP contribution in [0, 0.1) is 0 Å². The number of fused-ring (bicyclic) bond motifs is 1. The highest BCUT2D eigenvalue weighted by molar-refractivity contribution is 5.33. The Bertz CT molecular complexity index is 327. The molecule has 1 fully saturated rings. The molecule has 86 valence electrons. The molecule has 0 aliphatic heterocycles. The zero-order valence-corrected chi connectivity index (χ0v) is 9.91. The van der Waals surface area contributed by atoms with Gasteiger partial charge in [0.25, 0.3) is 0 Å². The Morgan fingerprint density at radius 1 is 0.812 bits per heavy atom. The summed E-state index contributed by atoms with van der Waals surface area (Å²) in [6.45, 7) is 0. The monoisotopic (exact) mass is 215 g/mol. The molecule has 0 bridgehead atoms. The molecule has 16 heavy (non-hydrogen) atoms. The second kappa shape index (κ2) is 4.58. The fourth-order valence-electron chi connectivity index (χ4n) is 3.28. The Kier molecular flexibility index (Phi) is 2.96. The van der Waals surface area contributed by atoms with E-state index in [0.29, 0.717) is 6.04 Å². The Balaban J connectivity index is 1.59. The minimum atomic E-state index is 0.709. The smallest absolute Gasteiger partial charge is 0.0151 e. The second-order valence-corrected chi connectivity index (χ2v) is 5.38. The van der Waals surface area contributed by atoms with E-state index in [1.807, 2.05) is 0 Å². The zero-order chi connectivity index (χ0) is 10.8. The fraction of sp³-hybridized carbons (Fsp3) is 0.600. The van der Waals surface area contributed by atoms with Gasteiger partial charge >= 0.3 is 0 Å². The predicted octanol–water partition coefficient (Wildman–Crippen LogP) is 3.08. The van der Waals surface area contributed by atoms with Crippen molar-refractivity contribution in [3.63, 3.8) is 0 Å². The molecule has 0 atom stereocenters. The summed E-state index contributed by atoms with van der Waals surface area (Å²) >= 11 is 0. The molecule has 0 radical (unpaired) electrons. The van der Waals surface area contributed by atoms with Gasteiger partial charge in [-0.2, -0.15) is 0 Å². The standard InChI is InChI=1S/C15H21N/c1-2-8-14(9-3-1)16-15-10-12-6-4-5-7-13(12)11-15/h4-7,14-16H,1-3,8-11H2. The first-order chi connectivity index (χ1) is 7.92. The first-order valence-electron chi connectivity index (χ1n) is 6.74. The number of rotatable bonds is 2. The number of benzene rings is 1. The van der Waals surface area contributed by atoms with Crippen LogP contribution in [-0.2, 0) is 12.8 Å². The van der Waals surface area contributed by atoms with E-state index < -0.39 is 0 Å². The third-order valence-electron chi connectivity index (χ3n) is 4.13. The number of hydrogen-bond donors (Lipinski definition) is 1. The predicted molar refractivity (Wildman–Crippen MR) is 67.6 cm³/mol. The Morgan fingerprint density at radius 3 is 2.06 bits per heavy atom. The van der Waals surface area contributed by atoms with Gasteiger partial charge < -0.3 is 5.32 Å². The van der Waals surface area contributed by atoms with E-state index in [0.717, 1.165) is 6.04 Å². The van der Waals surface area contributed by atoms with Crippen molar-refractivity contribution in [3.8, 4) is 0 Å². The van der Waals surface area contributed by atoms with E-state index in [1.54, 1.807) is 11.1 Å². The van der Waals surface area contributed by atoms with Crippen LogP contribution in [0.15, 0.2) is 24.3 Å². The van der Waals surface area contributed by atoms with Gasteiger partial charge in [-0.3, -0.25) is 0 Å². The SMILES string of the molecule is c1ccc2c(c1)CC(NC1CCCCC1)C2. The second-order valence-electron chi connectivity index (χ2n) is 5.38. The molecule has 1 aromatic carbocycles. The van der Waals surface area contributed by atoms with E-state index in [-0.39, 0.29) is 0 Å². The molecular weight excluding hydrogens is 194 g/mol. The molecule has 0 amide bonds. The molecule has 1 aromatic rings. The van der Waals surface area contributed by atoms with Gasteiger partial charge in [0.1, 0.15) is 0 Å². The van der Waals surface area contributed by atoms with Crippen LogP contribution in [0.1, 0.15) is 43.2 Å². The van der Waals surface area contributed by atoms with Gasteiger partial charge in [-0.05, 0) is 36.8 Å². The van der Waals surface area contributed by atoms with Gasteiger partial charge in [0.15, 0.2) is 0 Å². The molecule has 0 heterocycles. The summed E-state index contributed by atoms with van der Waals surface area (Å²) < 4.78 is 0. The third-order valence-corrected chi connectivity index (χ3v) is 4.13. The van der Waals surface area contributed by atoms with Gasteiger partial charge in [-0.1, -0.05) is 43.5 Å². The number of hydrogen-bond acceptors (Lipinski definition) is 1. The summed E-state index contributed by atoms with van der Waals surface area (Å²) in [5.41, 5.74) is 3.13. The minimum Gasteiger partial charge on any atom is -0.311 e. The van der Waals surface area contributed by atoms with Crippen molar-refractivity contribution < 1.29 is 0 Å². The summed E-state index contributed by atoms with van der Waals surface area (Å²) in [4.78, 5) is 0. The maximum atomic E-state index is 3.86. The van der Waals surface area contributed by atoms with Crippen LogP contribution in [0.4, 0.5) is 0 Å². The molecule has 2 aliphatic rings. The molecule has 0 saturated heterocycles. The summed E-state index contributed by atoms with van der Waals surface area (Å²) in [7, 11) is 0. The van der Waals surface area contributed by atoms with Gasteiger partial charge in [-0.15, -0.1) is 0 Å². The lowest BCUT2D eigenvalue weighted by molar-refractivity contribution is 0.339. The topological polar surface area (TPSA) is 12.0 Å². The summed E-state index contributed by atoms with van der Waals surface area (Å²) in [6, 6.07) is 10.4. The van der Waals surface area contributed by atoms with Crippen LogP contribution in [0.5, 0.6) is 0 Å². The van der Waals surface area contributed by atoms with Crippen molar-refractivity contribution in [1.82, 2.24) is 5.32 Å². The van der Waals surface area contributed by atoms with Gasteiger partial charge in [0, 0.05) is 12.1 Å². The van der Waals surface area contributed by atoms with Crippen molar-refractivity contribution in [1.29, 1.82) is 0 Å². The van der Waals surface area contributed by atoms with E-state index in [9.17, 15) is 0 Å². The van der Waals surface area contributed by atoms with Crippen LogP contribution < -0.4 is 5.32 Å². The highest BCUT2D eigenvalue weighted by Crippen LogP contribution is 2.24. The first-order valence-corrected chi connectivity index (χ1v) is 6.74. The van der Waals surface area contributed by atoms with Crippen LogP contribution in [-0.4, -0.2) is 12.1 Å². The largest absolute Gasteiger partial charge is 0.311 e. The van der Waals surface area contributed by atoms with E-state index in [4.69, 9.17) is 0 Å². The Morgan fingerprint density at radius 2 is 1.44 bits per heavy atom. The van der Waals surface area contributed by atoms with E-state index in [2.05, 4.69) is 29.6 Å². The number of nitrogens with one attached hydrogen (secondary N) is 1. The zero-order valence-electron chi connectivity index (χ0n) is 9.91. The van der Waals surface area contributed by atoms with Crippen LogP contribution in [0.2, 0.25) is 0 Å². The maximum absolute atomic E-state index is 3.86. The van der Waals surface area contributed by atoms with Gasteiger partial charge in [-0.25, -0.2) is 0 Å². The van der Waals surface area contributed by atoms with Gasteiger partial charge in [0.2, 0.25) is 0 Å². The summed E-state index contributed by atoms with van der Waals surface area (Å²) in [6.07, 6.45) is 9.58. The quantitative estimate of drug-likeness (QED) is 0.799. The van der Waals surface area contributed by atoms with Crippen LogP contribution >= 0.6 is 0 Å². The molecule has 2 aliphatic carbocycles. The molecule has 0 unspecified atom stereocenters. The lowest BCUT2D eigenvalue weighted by Gasteiger charge is -2.26. The van der Waals surface area contributed by atoms with Crippen molar-refractivity contribution >= 4 is 0 Å². The van der Waals surface area contributed by atoms with Crippen LogP contribution in [0.3, 0.4) is 0 Å². The molecule has 1 saturated carbocycles. The van der Waals surface area contributed by atoms with Crippen molar-refractivity contribution in [2.24, 2.45) is 0 Å². The lowest BCUT2D eigenvalue weighted by Crippen LogP contribution is -2.39. The Labute approximate surface area is 98.3 Å². The fourth-order valence-corrected chi connectivity index (χ4v) is 3.28. The first kappa shape index (κ1) is 10.3. The van der Waals surface area contributed by atoms with Crippen molar-refractivity contribution in [2.45, 2.75) is 57.0 Å². The van der Waals surface area contributed by atoms with Crippen LogP contribution in [0.25, 0.3) is 0 Å². The average molecular weight is 215 g/mol. The lowest BCUT2D eigenvalue weighted by atomic mass is 9.94. The summed E-state index contributed by atoms with van der Waals surface area (Å²) in [5, 5.41) is 3.86. The normalized spacial score (nSPS) is 22.2. The Hall–Kier alpha value is -0.820. The minimum absolute atomic E-state index is 0.709. The third kappa shape index (κ3) is 2.15. The summed E-state index contributed by atoms with van der Waals surface area (Å²) in [5.74, 6) is 0. The van der Waals surface area contributed by atoms with Gasteiger partial charge in [0.05, 0.1) is 0 Å². The van der Waals surface area contributed by atoms with Crippen molar-refractivity contribution in [2.75, 3.05) is 0 Å². The van der Waals surface area contributed by atoms with Crippen molar-refractivity contribution in [3.05, 3.63) is 35.4 Å². The molecular formula is C15H21N. The molecule has 1 N–H and O–H groups in total. The molecule has 1 nitrogen and oxygen atoms in total. The molecule has 0 spiro atoms. The average Bonchev–Trinajstić information content (AvgIpc) is 2.72. The maximum Gasteiger partial charge on any atom is 0.0151 e. The molecule has 3 rings (SSSR count). The highest BCUT2D eigenvalue weighted by atomic mass is 15.0.